The molecular formula is C16H12Cl2N2O. The molecule has 0 amide bonds. The number of hydrogen-bond acceptors (Lipinski definition) is 3. The second-order valence-corrected chi connectivity index (χ2v) is 5.51. The first-order chi connectivity index (χ1) is 10.0. The maximum absolute atomic E-state index is 6.16. The van der Waals surface area contributed by atoms with Gasteiger partial charge in [0.05, 0.1) is 10.0 Å². The summed E-state index contributed by atoms with van der Waals surface area (Å²) in [6.45, 7) is 1.93. The summed E-state index contributed by atoms with van der Waals surface area (Å²) >= 11 is 12.3. The van der Waals surface area contributed by atoms with Crippen molar-refractivity contribution < 1.29 is 4.74 Å². The van der Waals surface area contributed by atoms with Gasteiger partial charge < -0.3 is 10.5 Å². The summed E-state index contributed by atoms with van der Waals surface area (Å²) in [6, 6.07) is 12.9. The van der Waals surface area contributed by atoms with Crippen LogP contribution >= 0.6 is 23.2 Å². The van der Waals surface area contributed by atoms with E-state index in [0.717, 1.165) is 16.6 Å². The zero-order valence-corrected chi connectivity index (χ0v) is 12.7. The lowest BCUT2D eigenvalue weighted by Crippen LogP contribution is -1.92. The monoisotopic (exact) mass is 318 g/mol. The van der Waals surface area contributed by atoms with Gasteiger partial charge in [-0.1, -0.05) is 41.4 Å². The van der Waals surface area contributed by atoms with Crippen molar-refractivity contribution in [3.05, 3.63) is 58.2 Å². The smallest absolute Gasteiger partial charge is 0.164 e. The molecule has 2 N–H and O–H groups in total. The molecule has 3 rings (SSSR count). The van der Waals surface area contributed by atoms with Crippen molar-refractivity contribution in [2.45, 2.75) is 6.92 Å². The van der Waals surface area contributed by atoms with Crippen molar-refractivity contribution in [3.63, 3.8) is 0 Å². The van der Waals surface area contributed by atoms with Gasteiger partial charge in [0.2, 0.25) is 0 Å². The highest BCUT2D eigenvalue weighted by Gasteiger charge is 2.12. The summed E-state index contributed by atoms with van der Waals surface area (Å²) in [5.41, 5.74) is 7.86. The first-order valence-electron chi connectivity index (χ1n) is 6.33. The fourth-order valence-electron chi connectivity index (χ4n) is 2.09. The lowest BCUT2D eigenvalue weighted by atomic mass is 10.2. The van der Waals surface area contributed by atoms with Gasteiger partial charge >= 0.3 is 0 Å². The fraction of sp³-hybridized carbons (Fsp3) is 0.0625. The Kier molecular flexibility index (Phi) is 3.62. The summed E-state index contributed by atoms with van der Waals surface area (Å²) in [7, 11) is 0. The zero-order valence-electron chi connectivity index (χ0n) is 11.2. The van der Waals surface area contributed by atoms with Gasteiger partial charge in [0, 0.05) is 16.8 Å². The number of aryl methyl sites for hydroxylation is 1. The second kappa shape index (κ2) is 5.43. The van der Waals surface area contributed by atoms with Crippen molar-refractivity contribution in [3.8, 4) is 11.5 Å². The quantitative estimate of drug-likeness (QED) is 0.658. The molecule has 0 saturated carbocycles. The molecule has 0 unspecified atom stereocenters. The number of ether oxygens (including phenoxy) is 1. The molecule has 0 aliphatic carbocycles. The first kappa shape index (κ1) is 14.0. The van der Waals surface area contributed by atoms with Gasteiger partial charge in [-0.05, 0) is 31.2 Å². The Hall–Kier alpha value is -1.97. The molecule has 5 heteroatoms. The minimum absolute atomic E-state index is 0.365. The molecule has 0 aliphatic rings. The van der Waals surface area contributed by atoms with Crippen molar-refractivity contribution in [2.24, 2.45) is 0 Å². The Bertz CT molecular complexity index is 811. The summed E-state index contributed by atoms with van der Waals surface area (Å²) in [5.74, 6) is 0.980. The zero-order chi connectivity index (χ0) is 15.0. The van der Waals surface area contributed by atoms with Crippen LogP contribution in [0.15, 0.2) is 42.5 Å². The molecule has 2 aromatic carbocycles. The van der Waals surface area contributed by atoms with Crippen molar-refractivity contribution in [1.82, 2.24) is 4.98 Å². The molecule has 3 nitrogen and oxygen atoms in total. The Labute approximate surface area is 132 Å². The lowest BCUT2D eigenvalue weighted by Gasteiger charge is -2.12. The second-order valence-electron chi connectivity index (χ2n) is 4.70. The van der Waals surface area contributed by atoms with E-state index in [2.05, 4.69) is 4.98 Å². The Morgan fingerprint density at radius 3 is 2.48 bits per heavy atom. The number of nitrogens with two attached hydrogens (primary N) is 1. The molecule has 0 aliphatic heterocycles. The third-order valence-corrected chi connectivity index (χ3v) is 3.62. The van der Waals surface area contributed by atoms with E-state index >= 15 is 0 Å². The van der Waals surface area contributed by atoms with E-state index in [1.165, 1.54) is 0 Å². The number of fused-ring (bicyclic) bond motifs is 1. The Balaban J connectivity index is 2.12. The van der Waals surface area contributed by atoms with Gasteiger partial charge in [0.15, 0.2) is 11.5 Å². The Morgan fingerprint density at radius 1 is 1.05 bits per heavy atom. The van der Waals surface area contributed by atoms with Crippen LogP contribution in [-0.4, -0.2) is 4.98 Å². The van der Waals surface area contributed by atoms with E-state index < -0.39 is 0 Å². The number of pyridine rings is 1. The van der Waals surface area contributed by atoms with Crippen LogP contribution in [-0.2, 0) is 0 Å². The molecule has 0 atom stereocenters. The number of nitrogen functional groups attached to an aromatic ring is 1. The number of rotatable bonds is 2. The third kappa shape index (κ3) is 2.75. The molecule has 0 fully saturated rings. The van der Waals surface area contributed by atoms with Crippen LogP contribution in [0, 0.1) is 6.92 Å². The van der Waals surface area contributed by atoms with E-state index in [9.17, 15) is 0 Å². The average Bonchev–Trinajstić information content (AvgIpc) is 2.43. The molecule has 0 radical (unpaired) electrons. The van der Waals surface area contributed by atoms with Crippen LogP contribution in [0.4, 0.5) is 5.69 Å². The predicted molar refractivity (Wildman–Crippen MR) is 87.4 cm³/mol. The summed E-state index contributed by atoms with van der Waals surface area (Å²) in [5, 5.41) is 1.72. The topological polar surface area (TPSA) is 48.1 Å². The molecule has 0 bridgehead atoms. The highest BCUT2D eigenvalue weighted by Crippen LogP contribution is 2.39. The van der Waals surface area contributed by atoms with Crippen molar-refractivity contribution in [1.29, 1.82) is 0 Å². The van der Waals surface area contributed by atoms with Gasteiger partial charge in [0.25, 0.3) is 0 Å². The van der Waals surface area contributed by atoms with Crippen molar-refractivity contribution >= 4 is 39.8 Å². The summed E-state index contributed by atoms with van der Waals surface area (Å²) in [4.78, 5) is 4.51. The van der Waals surface area contributed by atoms with Crippen LogP contribution in [0.5, 0.6) is 11.5 Å². The summed E-state index contributed by atoms with van der Waals surface area (Å²) < 4.78 is 5.88. The molecule has 106 valence electrons. The number of anilines is 1. The molecule has 0 spiro atoms. The number of para-hydroxylation sites is 1. The number of hydrogen-bond donors (Lipinski definition) is 1. The van der Waals surface area contributed by atoms with Gasteiger partial charge in [-0.15, -0.1) is 0 Å². The van der Waals surface area contributed by atoms with Crippen LogP contribution in [0.25, 0.3) is 10.9 Å². The van der Waals surface area contributed by atoms with Gasteiger partial charge in [-0.3, -0.25) is 0 Å². The normalized spacial score (nSPS) is 10.8. The molecule has 0 saturated heterocycles. The average molecular weight is 319 g/mol. The number of benzene rings is 2. The highest BCUT2D eigenvalue weighted by molar-refractivity contribution is 6.37. The van der Waals surface area contributed by atoms with E-state index in [0.29, 0.717) is 27.2 Å². The molecule has 21 heavy (non-hydrogen) atoms. The highest BCUT2D eigenvalue weighted by atomic mass is 35.5. The predicted octanol–water partition coefficient (Wildman–Crippen LogP) is 5.22. The van der Waals surface area contributed by atoms with Crippen molar-refractivity contribution in [2.75, 3.05) is 5.73 Å². The fourth-order valence-corrected chi connectivity index (χ4v) is 2.67. The van der Waals surface area contributed by atoms with E-state index in [4.69, 9.17) is 33.7 Å². The van der Waals surface area contributed by atoms with E-state index in [1.54, 1.807) is 12.1 Å². The summed E-state index contributed by atoms with van der Waals surface area (Å²) in [6.07, 6.45) is 0. The number of nitrogens with zero attached hydrogens (tertiary/aromatic N) is 1. The van der Waals surface area contributed by atoms with Crippen LogP contribution in [0.3, 0.4) is 0 Å². The molecule has 3 aromatic rings. The van der Waals surface area contributed by atoms with E-state index in [-0.39, 0.29) is 0 Å². The number of halogens is 2. The maximum Gasteiger partial charge on any atom is 0.164 e. The third-order valence-electron chi connectivity index (χ3n) is 3.06. The van der Waals surface area contributed by atoms with Crippen LogP contribution in [0.2, 0.25) is 10.0 Å². The van der Waals surface area contributed by atoms with E-state index in [1.807, 2.05) is 37.3 Å². The minimum atomic E-state index is 0.365. The largest absolute Gasteiger partial charge is 0.452 e. The van der Waals surface area contributed by atoms with Crippen LogP contribution < -0.4 is 10.5 Å². The van der Waals surface area contributed by atoms with Gasteiger partial charge in [-0.2, -0.15) is 0 Å². The maximum atomic E-state index is 6.16. The first-order valence-corrected chi connectivity index (χ1v) is 7.09. The van der Waals surface area contributed by atoms with Crippen LogP contribution in [0.1, 0.15) is 5.69 Å². The molecular weight excluding hydrogens is 307 g/mol. The number of aromatic nitrogens is 1. The minimum Gasteiger partial charge on any atom is -0.452 e. The standard InChI is InChI=1S/C16H12Cl2N2O/c1-9-5-6-10-3-2-4-14(15(10)20-9)21-16-12(17)7-11(19)8-13(16)18/h2-8H,19H2,1H3. The Morgan fingerprint density at radius 2 is 1.76 bits per heavy atom. The van der Waals surface area contributed by atoms with Gasteiger partial charge in [-0.25, -0.2) is 4.98 Å². The SMILES string of the molecule is Cc1ccc2cccc(Oc3c(Cl)cc(N)cc3Cl)c2n1. The van der Waals surface area contributed by atoms with Gasteiger partial charge in [0.1, 0.15) is 5.52 Å². The lowest BCUT2D eigenvalue weighted by molar-refractivity contribution is 0.487. The molecule has 1 heterocycles. The molecule has 1 aromatic heterocycles.